The summed E-state index contributed by atoms with van der Waals surface area (Å²) in [6.07, 6.45) is 1.73. The van der Waals surface area contributed by atoms with E-state index < -0.39 is 0 Å². The fraction of sp³-hybridized carbons (Fsp3) is 0.0588. The highest BCUT2D eigenvalue weighted by Gasteiger charge is 2.03. The second-order valence-electron chi connectivity index (χ2n) is 4.69. The number of halogens is 1. The molecule has 1 aromatic heterocycles. The Kier molecular flexibility index (Phi) is 4.90. The van der Waals surface area contributed by atoms with E-state index in [2.05, 4.69) is 15.5 Å². The largest absolute Gasteiger partial charge is 0.497 e. The first kappa shape index (κ1) is 15.5. The highest BCUT2D eigenvalue weighted by atomic mass is 35.5. The number of anilines is 1. The average Bonchev–Trinajstić information content (AvgIpc) is 3.04. The zero-order valence-electron chi connectivity index (χ0n) is 12.4. The second kappa shape index (κ2) is 7.26. The lowest BCUT2D eigenvalue weighted by atomic mass is 10.2. The predicted octanol–water partition coefficient (Wildman–Crippen LogP) is 4.92. The van der Waals surface area contributed by atoms with E-state index in [9.17, 15) is 0 Å². The molecule has 0 bridgehead atoms. The molecule has 23 heavy (non-hydrogen) atoms. The maximum absolute atomic E-state index is 5.89. The van der Waals surface area contributed by atoms with Crippen molar-refractivity contribution in [2.75, 3.05) is 12.5 Å². The van der Waals surface area contributed by atoms with Gasteiger partial charge in [-0.05, 0) is 29.8 Å². The van der Waals surface area contributed by atoms with Crippen molar-refractivity contribution in [1.82, 2.24) is 4.98 Å². The van der Waals surface area contributed by atoms with Crippen LogP contribution in [0.25, 0.3) is 11.3 Å². The Labute approximate surface area is 143 Å². The van der Waals surface area contributed by atoms with Gasteiger partial charge in [0.05, 0.1) is 19.0 Å². The van der Waals surface area contributed by atoms with Crippen molar-refractivity contribution in [1.29, 1.82) is 0 Å². The van der Waals surface area contributed by atoms with Crippen molar-refractivity contribution >= 4 is 34.3 Å². The molecule has 0 aliphatic heterocycles. The summed E-state index contributed by atoms with van der Waals surface area (Å²) in [6.45, 7) is 0. The number of benzene rings is 2. The van der Waals surface area contributed by atoms with Crippen LogP contribution in [0.4, 0.5) is 5.13 Å². The lowest BCUT2D eigenvalue weighted by Crippen LogP contribution is -1.91. The molecule has 0 aliphatic carbocycles. The number of hydrazone groups is 1. The lowest BCUT2D eigenvalue weighted by molar-refractivity contribution is 0.415. The van der Waals surface area contributed by atoms with E-state index in [0.717, 1.165) is 27.7 Å². The predicted molar refractivity (Wildman–Crippen MR) is 96.8 cm³/mol. The van der Waals surface area contributed by atoms with Crippen LogP contribution < -0.4 is 10.2 Å². The monoisotopic (exact) mass is 343 g/mol. The van der Waals surface area contributed by atoms with Gasteiger partial charge in [-0.25, -0.2) is 4.98 Å². The number of aromatic nitrogens is 1. The van der Waals surface area contributed by atoms with E-state index in [1.165, 1.54) is 11.3 Å². The van der Waals surface area contributed by atoms with E-state index >= 15 is 0 Å². The lowest BCUT2D eigenvalue weighted by Gasteiger charge is -1.99. The first-order valence-corrected chi connectivity index (χ1v) is 8.15. The Bertz CT molecular complexity index is 815. The van der Waals surface area contributed by atoms with Crippen LogP contribution in [0, 0.1) is 0 Å². The first-order chi connectivity index (χ1) is 11.2. The molecule has 0 fully saturated rings. The van der Waals surface area contributed by atoms with Gasteiger partial charge < -0.3 is 4.74 Å². The topological polar surface area (TPSA) is 46.5 Å². The molecule has 0 amide bonds. The quantitative estimate of drug-likeness (QED) is 0.528. The van der Waals surface area contributed by atoms with Crippen molar-refractivity contribution in [3.8, 4) is 17.0 Å². The molecule has 3 aromatic rings. The molecule has 2 aromatic carbocycles. The molecule has 0 radical (unpaired) electrons. The molecule has 0 unspecified atom stereocenters. The maximum Gasteiger partial charge on any atom is 0.203 e. The number of nitrogens with zero attached hydrogens (tertiary/aromatic N) is 2. The third-order valence-electron chi connectivity index (χ3n) is 3.11. The van der Waals surface area contributed by atoms with Gasteiger partial charge in [-0.1, -0.05) is 35.9 Å². The van der Waals surface area contributed by atoms with Crippen molar-refractivity contribution in [3.63, 3.8) is 0 Å². The van der Waals surface area contributed by atoms with Crippen LogP contribution >= 0.6 is 22.9 Å². The number of thiazole rings is 1. The number of ether oxygens (including phenoxy) is 1. The standard InChI is InChI=1S/C17H14ClN3OS/c1-22-15-4-2-3-12(9-15)10-19-21-17-20-16(11-23-17)13-5-7-14(18)8-6-13/h2-11H,1H3,(H,20,21)/b19-10-. The maximum atomic E-state index is 5.89. The van der Waals surface area contributed by atoms with Gasteiger partial charge in [0.1, 0.15) is 5.75 Å². The highest BCUT2D eigenvalue weighted by Crippen LogP contribution is 2.25. The Morgan fingerprint density at radius 2 is 2.04 bits per heavy atom. The molecule has 0 aliphatic rings. The normalized spacial score (nSPS) is 10.9. The highest BCUT2D eigenvalue weighted by molar-refractivity contribution is 7.14. The first-order valence-electron chi connectivity index (χ1n) is 6.89. The van der Waals surface area contributed by atoms with Crippen LogP contribution in [0.1, 0.15) is 5.56 Å². The van der Waals surface area contributed by atoms with Crippen LogP contribution in [-0.4, -0.2) is 18.3 Å². The van der Waals surface area contributed by atoms with Gasteiger partial charge in [0.25, 0.3) is 0 Å². The summed E-state index contributed by atoms with van der Waals surface area (Å²) in [6, 6.07) is 15.3. The SMILES string of the molecule is COc1cccc(/C=N\Nc2nc(-c3ccc(Cl)cc3)cs2)c1. The van der Waals surface area contributed by atoms with Crippen LogP contribution in [-0.2, 0) is 0 Å². The summed E-state index contributed by atoms with van der Waals surface area (Å²) in [5.74, 6) is 0.799. The zero-order chi connectivity index (χ0) is 16.1. The van der Waals surface area contributed by atoms with Crippen LogP contribution in [0.15, 0.2) is 59.0 Å². The van der Waals surface area contributed by atoms with E-state index in [1.54, 1.807) is 13.3 Å². The van der Waals surface area contributed by atoms with E-state index in [0.29, 0.717) is 5.02 Å². The molecule has 6 heteroatoms. The average molecular weight is 344 g/mol. The van der Waals surface area contributed by atoms with Gasteiger partial charge in [0.2, 0.25) is 5.13 Å². The minimum atomic E-state index is 0.713. The Morgan fingerprint density at radius 1 is 1.22 bits per heavy atom. The van der Waals surface area contributed by atoms with Gasteiger partial charge in [0.15, 0.2) is 0 Å². The number of hydrogen-bond acceptors (Lipinski definition) is 5. The van der Waals surface area contributed by atoms with E-state index in [4.69, 9.17) is 16.3 Å². The fourth-order valence-electron chi connectivity index (χ4n) is 1.96. The fourth-order valence-corrected chi connectivity index (χ4v) is 2.76. The molecule has 1 heterocycles. The third-order valence-corrected chi connectivity index (χ3v) is 4.11. The molecule has 1 N–H and O–H groups in total. The molecular weight excluding hydrogens is 330 g/mol. The summed E-state index contributed by atoms with van der Waals surface area (Å²) >= 11 is 7.39. The minimum absolute atomic E-state index is 0.713. The van der Waals surface area contributed by atoms with Crippen LogP contribution in [0.5, 0.6) is 5.75 Å². The molecular formula is C17H14ClN3OS. The Balaban J connectivity index is 1.67. The number of hydrogen-bond donors (Lipinski definition) is 1. The Hall–Kier alpha value is -2.37. The van der Waals surface area contributed by atoms with Gasteiger partial charge in [-0.2, -0.15) is 5.10 Å². The van der Waals surface area contributed by atoms with E-state index in [1.807, 2.05) is 53.9 Å². The molecule has 0 saturated carbocycles. The molecule has 4 nitrogen and oxygen atoms in total. The molecule has 116 valence electrons. The molecule has 3 rings (SSSR count). The number of methoxy groups -OCH3 is 1. The summed E-state index contributed by atoms with van der Waals surface area (Å²) in [4.78, 5) is 4.50. The zero-order valence-corrected chi connectivity index (χ0v) is 13.9. The van der Waals surface area contributed by atoms with Gasteiger partial charge in [0, 0.05) is 16.0 Å². The van der Waals surface area contributed by atoms with Gasteiger partial charge in [-0.3, -0.25) is 5.43 Å². The van der Waals surface area contributed by atoms with Crippen LogP contribution in [0.3, 0.4) is 0 Å². The minimum Gasteiger partial charge on any atom is -0.497 e. The summed E-state index contributed by atoms with van der Waals surface area (Å²) in [7, 11) is 1.64. The van der Waals surface area contributed by atoms with Crippen molar-refractivity contribution < 1.29 is 4.74 Å². The molecule has 0 spiro atoms. The van der Waals surface area contributed by atoms with Crippen molar-refractivity contribution in [2.24, 2.45) is 5.10 Å². The summed E-state index contributed by atoms with van der Waals surface area (Å²) < 4.78 is 5.18. The smallest absolute Gasteiger partial charge is 0.203 e. The van der Waals surface area contributed by atoms with Gasteiger partial charge in [-0.15, -0.1) is 11.3 Å². The van der Waals surface area contributed by atoms with Crippen molar-refractivity contribution in [3.05, 3.63) is 64.5 Å². The second-order valence-corrected chi connectivity index (χ2v) is 5.99. The number of rotatable bonds is 5. The molecule has 0 saturated heterocycles. The summed E-state index contributed by atoms with van der Waals surface area (Å²) in [5, 5.41) is 7.63. The third kappa shape index (κ3) is 4.09. The van der Waals surface area contributed by atoms with Gasteiger partial charge >= 0.3 is 0 Å². The van der Waals surface area contributed by atoms with E-state index in [-0.39, 0.29) is 0 Å². The Morgan fingerprint density at radius 3 is 2.83 bits per heavy atom. The molecule has 0 atom stereocenters. The number of nitrogens with one attached hydrogen (secondary N) is 1. The van der Waals surface area contributed by atoms with Crippen molar-refractivity contribution in [2.45, 2.75) is 0 Å². The van der Waals surface area contributed by atoms with Crippen LogP contribution in [0.2, 0.25) is 5.02 Å². The summed E-state index contributed by atoms with van der Waals surface area (Å²) in [5.41, 5.74) is 5.81.